The van der Waals surface area contributed by atoms with Crippen molar-refractivity contribution in [2.75, 3.05) is 12.4 Å². The number of ether oxygens (including phenoxy) is 1. The van der Waals surface area contributed by atoms with Crippen LogP contribution in [0.2, 0.25) is 0 Å². The SMILES string of the molecule is COc1ccc(Nc2nc3cc4c(C)c(C(N)=O)c(=O)oc4cc3n2-c2cccc(Br)c2)cc1. The quantitative estimate of drug-likeness (QED) is 0.314. The maximum Gasteiger partial charge on any atom is 0.349 e. The number of aryl methyl sites for hydroxylation is 1. The summed E-state index contributed by atoms with van der Waals surface area (Å²) >= 11 is 3.53. The van der Waals surface area contributed by atoms with Crippen LogP contribution in [-0.4, -0.2) is 22.6 Å². The molecular weight excluding hydrogens is 500 g/mol. The van der Waals surface area contributed by atoms with E-state index in [1.54, 1.807) is 26.2 Å². The van der Waals surface area contributed by atoms with E-state index in [0.717, 1.165) is 27.1 Å². The summed E-state index contributed by atoms with van der Waals surface area (Å²) in [6.45, 7) is 1.67. The van der Waals surface area contributed by atoms with Crippen molar-refractivity contribution in [2.24, 2.45) is 5.73 Å². The van der Waals surface area contributed by atoms with Gasteiger partial charge in [-0.15, -0.1) is 0 Å². The van der Waals surface area contributed by atoms with Crippen LogP contribution >= 0.6 is 15.9 Å². The Hall–Kier alpha value is -4.11. The van der Waals surface area contributed by atoms with Gasteiger partial charge in [0.1, 0.15) is 16.9 Å². The number of aromatic nitrogens is 2. The summed E-state index contributed by atoms with van der Waals surface area (Å²) in [5.41, 5.74) is 8.31. The Kier molecular flexibility index (Phi) is 5.33. The molecule has 0 saturated heterocycles. The van der Waals surface area contributed by atoms with Gasteiger partial charge in [0.15, 0.2) is 0 Å². The van der Waals surface area contributed by atoms with E-state index >= 15 is 0 Å². The van der Waals surface area contributed by atoms with Crippen molar-refractivity contribution >= 4 is 55.5 Å². The van der Waals surface area contributed by atoms with Crippen molar-refractivity contribution in [2.45, 2.75) is 6.92 Å². The lowest BCUT2D eigenvalue weighted by atomic mass is 10.1. The molecule has 170 valence electrons. The first-order valence-corrected chi connectivity index (χ1v) is 11.1. The van der Waals surface area contributed by atoms with Gasteiger partial charge in [0, 0.05) is 21.6 Å². The monoisotopic (exact) mass is 518 g/mol. The highest BCUT2D eigenvalue weighted by Crippen LogP contribution is 2.32. The highest BCUT2D eigenvalue weighted by molar-refractivity contribution is 9.10. The molecule has 0 aliphatic rings. The zero-order chi connectivity index (χ0) is 24.0. The van der Waals surface area contributed by atoms with Crippen molar-refractivity contribution in [3.05, 3.63) is 86.7 Å². The van der Waals surface area contributed by atoms with Gasteiger partial charge in [0.05, 0.1) is 23.8 Å². The minimum Gasteiger partial charge on any atom is -0.497 e. The fourth-order valence-electron chi connectivity index (χ4n) is 3.97. The van der Waals surface area contributed by atoms with Crippen LogP contribution in [0.4, 0.5) is 11.6 Å². The molecule has 1 amide bonds. The molecule has 5 aromatic rings. The maximum atomic E-state index is 12.4. The van der Waals surface area contributed by atoms with Gasteiger partial charge in [-0.05, 0) is 61.0 Å². The van der Waals surface area contributed by atoms with E-state index in [1.807, 2.05) is 53.1 Å². The standard InChI is InChI=1S/C25H19BrN4O4/c1-13-18-11-19-20(12-21(18)34-24(32)22(13)23(27)31)30(16-5-3-4-14(26)10-16)25(29-19)28-15-6-8-17(33-2)9-7-15/h3-12H,1-2H3,(H2,27,31)(H,28,29). The first-order valence-electron chi connectivity index (χ1n) is 10.3. The largest absolute Gasteiger partial charge is 0.497 e. The van der Waals surface area contributed by atoms with Crippen LogP contribution in [0.1, 0.15) is 15.9 Å². The first-order chi connectivity index (χ1) is 16.4. The van der Waals surface area contributed by atoms with E-state index in [0.29, 0.717) is 28.0 Å². The number of nitrogens with two attached hydrogens (primary N) is 1. The summed E-state index contributed by atoms with van der Waals surface area (Å²) in [6.07, 6.45) is 0. The molecule has 3 aromatic carbocycles. The summed E-state index contributed by atoms with van der Waals surface area (Å²) in [5.74, 6) is 0.478. The van der Waals surface area contributed by atoms with Crippen molar-refractivity contribution in [3.63, 3.8) is 0 Å². The summed E-state index contributed by atoms with van der Waals surface area (Å²) in [4.78, 5) is 29.0. The number of imidazole rings is 1. The van der Waals surface area contributed by atoms with Crippen molar-refractivity contribution < 1.29 is 13.9 Å². The second-order valence-corrected chi connectivity index (χ2v) is 8.61. The third kappa shape index (κ3) is 3.69. The number of nitrogens with one attached hydrogen (secondary N) is 1. The number of benzene rings is 3. The number of carbonyl (C=O) groups excluding carboxylic acids is 1. The van der Waals surface area contributed by atoms with Gasteiger partial charge < -0.3 is 20.2 Å². The number of hydrogen-bond acceptors (Lipinski definition) is 6. The molecule has 3 N–H and O–H groups in total. The van der Waals surface area contributed by atoms with Gasteiger partial charge in [-0.3, -0.25) is 9.36 Å². The summed E-state index contributed by atoms with van der Waals surface area (Å²) in [5, 5.41) is 3.95. The van der Waals surface area contributed by atoms with Crippen LogP contribution in [0, 0.1) is 6.92 Å². The molecule has 0 unspecified atom stereocenters. The van der Waals surface area contributed by atoms with E-state index in [9.17, 15) is 9.59 Å². The van der Waals surface area contributed by atoms with Gasteiger partial charge in [0.2, 0.25) is 5.95 Å². The Morgan fingerprint density at radius 2 is 1.91 bits per heavy atom. The average Bonchev–Trinajstić information content (AvgIpc) is 3.15. The Labute approximate surface area is 202 Å². The Balaban J connectivity index is 1.77. The van der Waals surface area contributed by atoms with Crippen LogP contribution in [0.3, 0.4) is 0 Å². The number of nitrogens with zero attached hydrogens (tertiary/aromatic N) is 2. The third-order valence-electron chi connectivity index (χ3n) is 5.60. The van der Waals surface area contributed by atoms with Gasteiger partial charge >= 0.3 is 5.63 Å². The maximum absolute atomic E-state index is 12.4. The fourth-order valence-corrected chi connectivity index (χ4v) is 4.36. The number of hydrogen-bond donors (Lipinski definition) is 2. The minimum atomic E-state index is -0.824. The Bertz CT molecular complexity index is 1640. The number of primary amides is 1. The molecule has 34 heavy (non-hydrogen) atoms. The van der Waals surface area contributed by atoms with Gasteiger partial charge in [0.25, 0.3) is 5.91 Å². The van der Waals surface area contributed by atoms with Crippen molar-refractivity contribution in [1.29, 1.82) is 0 Å². The normalized spacial score (nSPS) is 11.1. The lowest BCUT2D eigenvalue weighted by Gasteiger charge is -2.12. The van der Waals surface area contributed by atoms with Crippen LogP contribution in [-0.2, 0) is 0 Å². The number of anilines is 2. The number of carbonyl (C=O) groups is 1. The number of halogens is 1. The zero-order valence-corrected chi connectivity index (χ0v) is 19.8. The summed E-state index contributed by atoms with van der Waals surface area (Å²) in [7, 11) is 1.61. The molecule has 2 heterocycles. The van der Waals surface area contributed by atoms with E-state index in [4.69, 9.17) is 19.9 Å². The lowest BCUT2D eigenvalue weighted by molar-refractivity contribution is 0.0996. The molecule has 0 fully saturated rings. The second kappa shape index (κ2) is 8.35. The molecule has 8 nitrogen and oxygen atoms in total. The predicted molar refractivity (Wildman–Crippen MR) is 134 cm³/mol. The van der Waals surface area contributed by atoms with Crippen molar-refractivity contribution in [3.8, 4) is 11.4 Å². The molecule has 0 bridgehead atoms. The molecule has 5 rings (SSSR count). The van der Waals surface area contributed by atoms with Gasteiger partial charge in [-0.25, -0.2) is 9.78 Å². The molecule has 0 radical (unpaired) electrons. The molecule has 2 aromatic heterocycles. The van der Waals surface area contributed by atoms with Crippen LogP contribution in [0.25, 0.3) is 27.7 Å². The van der Waals surface area contributed by atoms with Crippen LogP contribution < -0.4 is 21.4 Å². The lowest BCUT2D eigenvalue weighted by Crippen LogP contribution is -2.22. The fraction of sp³-hybridized carbons (Fsp3) is 0.0800. The average molecular weight is 519 g/mol. The highest BCUT2D eigenvalue weighted by atomic mass is 79.9. The molecular formula is C25H19BrN4O4. The number of methoxy groups -OCH3 is 1. The van der Waals surface area contributed by atoms with Crippen LogP contribution in [0.15, 0.2) is 74.3 Å². The number of fused-ring (bicyclic) bond motifs is 2. The predicted octanol–water partition coefficient (Wildman–Crippen LogP) is 5.05. The smallest absolute Gasteiger partial charge is 0.349 e. The van der Waals surface area contributed by atoms with Crippen LogP contribution in [0.5, 0.6) is 5.75 Å². The third-order valence-corrected chi connectivity index (χ3v) is 6.09. The number of rotatable bonds is 5. The molecule has 9 heteroatoms. The van der Waals surface area contributed by atoms with E-state index in [2.05, 4.69) is 21.2 Å². The molecule has 0 saturated carbocycles. The van der Waals surface area contributed by atoms with E-state index in [1.165, 1.54) is 0 Å². The molecule has 0 aliphatic carbocycles. The second-order valence-electron chi connectivity index (χ2n) is 7.70. The van der Waals surface area contributed by atoms with Gasteiger partial charge in [-0.2, -0.15) is 0 Å². The topological polar surface area (TPSA) is 112 Å². The van der Waals surface area contributed by atoms with E-state index < -0.39 is 11.5 Å². The Morgan fingerprint density at radius 1 is 1.15 bits per heavy atom. The summed E-state index contributed by atoms with van der Waals surface area (Å²) in [6, 6.07) is 18.8. The molecule has 0 atom stereocenters. The zero-order valence-electron chi connectivity index (χ0n) is 18.3. The summed E-state index contributed by atoms with van der Waals surface area (Å²) < 4.78 is 13.5. The van der Waals surface area contributed by atoms with E-state index in [-0.39, 0.29) is 5.56 Å². The molecule has 0 spiro atoms. The minimum absolute atomic E-state index is 0.158. The highest BCUT2D eigenvalue weighted by Gasteiger charge is 2.20. The molecule has 0 aliphatic heterocycles. The number of amides is 1. The van der Waals surface area contributed by atoms with Crippen molar-refractivity contribution in [1.82, 2.24) is 9.55 Å². The Morgan fingerprint density at radius 3 is 2.59 bits per heavy atom. The first kappa shape index (κ1) is 21.7. The van der Waals surface area contributed by atoms with Gasteiger partial charge in [-0.1, -0.05) is 22.0 Å².